The molecule has 1 aliphatic heterocycles. The van der Waals surface area contributed by atoms with E-state index in [9.17, 15) is 19.1 Å². The van der Waals surface area contributed by atoms with Crippen LogP contribution < -0.4 is 16.0 Å². The van der Waals surface area contributed by atoms with E-state index >= 15 is 0 Å². The molecule has 29 heavy (non-hydrogen) atoms. The first-order valence-electron chi connectivity index (χ1n) is 10.1. The van der Waals surface area contributed by atoms with Crippen molar-refractivity contribution in [2.75, 3.05) is 6.61 Å². The van der Waals surface area contributed by atoms with Gasteiger partial charge in [0, 0.05) is 12.6 Å². The highest BCUT2D eigenvalue weighted by molar-refractivity contribution is 5.77. The van der Waals surface area contributed by atoms with Crippen LogP contribution in [0.1, 0.15) is 37.7 Å². The van der Waals surface area contributed by atoms with Crippen LogP contribution in [0.3, 0.4) is 0 Å². The van der Waals surface area contributed by atoms with E-state index in [-0.39, 0.29) is 36.8 Å². The average molecular weight is 405 g/mol. The fraction of sp³-hybridized carbons (Fsp3) is 0.524. The zero-order chi connectivity index (χ0) is 20.6. The number of amides is 3. The van der Waals surface area contributed by atoms with Gasteiger partial charge in [0.05, 0.1) is 25.2 Å². The molecule has 1 saturated carbocycles. The Morgan fingerprint density at radius 3 is 2.52 bits per heavy atom. The number of aliphatic hydroxyl groups excluding tert-OH is 1. The molecule has 1 fully saturated rings. The SMILES string of the molecule is O=C(C[C@@H]1C=C[C@@H](NC(=O)NC2CCCC2)[C@@H](CO)O1)NCc1ccc(F)cc1. The van der Waals surface area contributed by atoms with Crippen molar-refractivity contribution in [2.24, 2.45) is 0 Å². The standard InChI is InChI=1S/C21H28FN3O4/c22-15-7-5-14(6-8-15)12-23-20(27)11-17-9-10-18(19(13-26)29-17)25-21(28)24-16-3-1-2-4-16/h5-10,16-19,26H,1-4,11-13H2,(H,23,27)(H2,24,25,28)/t17-,18+,19+/m0/s1. The quantitative estimate of drug-likeness (QED) is 0.520. The molecule has 7 nitrogen and oxygen atoms in total. The summed E-state index contributed by atoms with van der Waals surface area (Å²) < 4.78 is 18.7. The highest BCUT2D eigenvalue weighted by Crippen LogP contribution is 2.18. The Kier molecular flexibility index (Phi) is 7.60. The van der Waals surface area contributed by atoms with Crippen LogP contribution >= 0.6 is 0 Å². The Morgan fingerprint density at radius 1 is 1.10 bits per heavy atom. The number of rotatable bonds is 7. The van der Waals surface area contributed by atoms with Gasteiger partial charge in [0.1, 0.15) is 11.9 Å². The Morgan fingerprint density at radius 2 is 1.83 bits per heavy atom. The Balaban J connectivity index is 1.45. The molecule has 158 valence electrons. The number of aliphatic hydroxyl groups is 1. The summed E-state index contributed by atoms with van der Waals surface area (Å²) >= 11 is 0. The van der Waals surface area contributed by atoms with Gasteiger partial charge in [-0.15, -0.1) is 0 Å². The van der Waals surface area contributed by atoms with Crippen LogP contribution in [-0.4, -0.2) is 47.9 Å². The summed E-state index contributed by atoms with van der Waals surface area (Å²) in [5.41, 5.74) is 0.797. The maximum Gasteiger partial charge on any atom is 0.315 e. The number of carbonyl (C=O) groups is 2. The molecule has 8 heteroatoms. The largest absolute Gasteiger partial charge is 0.394 e. The third-order valence-electron chi connectivity index (χ3n) is 5.24. The molecule has 0 saturated heterocycles. The first-order chi connectivity index (χ1) is 14.0. The molecule has 3 atom stereocenters. The minimum absolute atomic E-state index is 0.0924. The van der Waals surface area contributed by atoms with Gasteiger partial charge in [-0.05, 0) is 30.5 Å². The number of halogens is 1. The lowest BCUT2D eigenvalue weighted by Gasteiger charge is -2.32. The van der Waals surface area contributed by atoms with Crippen molar-refractivity contribution in [3.8, 4) is 0 Å². The lowest BCUT2D eigenvalue weighted by atomic mass is 10.0. The summed E-state index contributed by atoms with van der Waals surface area (Å²) in [6.45, 7) is 0.0247. The molecule has 1 heterocycles. The summed E-state index contributed by atoms with van der Waals surface area (Å²) in [5.74, 6) is -0.540. The number of hydrogen-bond donors (Lipinski definition) is 4. The third kappa shape index (κ3) is 6.54. The summed E-state index contributed by atoms with van der Waals surface area (Å²) in [6.07, 6.45) is 6.70. The van der Waals surface area contributed by atoms with Gasteiger partial charge < -0.3 is 25.8 Å². The van der Waals surface area contributed by atoms with Crippen LogP contribution in [0.4, 0.5) is 9.18 Å². The van der Waals surface area contributed by atoms with Crippen LogP contribution in [0.2, 0.25) is 0 Å². The van der Waals surface area contributed by atoms with E-state index in [0.29, 0.717) is 6.54 Å². The minimum Gasteiger partial charge on any atom is -0.394 e. The topological polar surface area (TPSA) is 99.7 Å². The molecular weight excluding hydrogens is 377 g/mol. The Bertz CT molecular complexity index is 719. The van der Waals surface area contributed by atoms with Crippen molar-refractivity contribution < 1.29 is 23.8 Å². The second-order valence-corrected chi connectivity index (χ2v) is 7.51. The number of nitrogens with one attached hydrogen (secondary N) is 3. The zero-order valence-electron chi connectivity index (χ0n) is 16.3. The van der Waals surface area contributed by atoms with E-state index in [2.05, 4.69) is 16.0 Å². The molecule has 1 aromatic rings. The number of hydrogen-bond acceptors (Lipinski definition) is 4. The summed E-state index contributed by atoms with van der Waals surface area (Å²) in [7, 11) is 0. The van der Waals surface area contributed by atoms with E-state index in [1.165, 1.54) is 12.1 Å². The average Bonchev–Trinajstić information content (AvgIpc) is 3.21. The first kappa shape index (κ1) is 21.3. The van der Waals surface area contributed by atoms with Crippen molar-refractivity contribution >= 4 is 11.9 Å². The monoisotopic (exact) mass is 405 g/mol. The van der Waals surface area contributed by atoms with Crippen LogP contribution in [0.5, 0.6) is 0 Å². The molecule has 3 amide bonds. The lowest BCUT2D eigenvalue weighted by molar-refractivity contribution is -0.125. The molecule has 1 aliphatic carbocycles. The molecule has 0 bridgehead atoms. The summed E-state index contributed by atoms with van der Waals surface area (Å²) in [6, 6.07) is 5.38. The van der Waals surface area contributed by atoms with E-state index in [0.717, 1.165) is 31.2 Å². The molecule has 0 unspecified atom stereocenters. The minimum atomic E-state index is -0.621. The number of ether oxygens (including phenoxy) is 1. The zero-order valence-corrected chi connectivity index (χ0v) is 16.3. The Labute approximate surface area is 169 Å². The van der Waals surface area contributed by atoms with E-state index in [4.69, 9.17) is 4.74 Å². The second kappa shape index (κ2) is 10.4. The van der Waals surface area contributed by atoms with E-state index < -0.39 is 18.2 Å². The van der Waals surface area contributed by atoms with E-state index in [1.54, 1.807) is 24.3 Å². The van der Waals surface area contributed by atoms with Crippen molar-refractivity contribution in [3.05, 3.63) is 47.8 Å². The maximum atomic E-state index is 12.9. The highest BCUT2D eigenvalue weighted by atomic mass is 19.1. The smallest absolute Gasteiger partial charge is 0.315 e. The lowest BCUT2D eigenvalue weighted by Crippen LogP contribution is -2.53. The normalized spacial score (nSPS) is 24.3. The molecule has 4 N–H and O–H groups in total. The van der Waals surface area contributed by atoms with Gasteiger partial charge in [-0.2, -0.15) is 0 Å². The summed E-state index contributed by atoms with van der Waals surface area (Å²) in [4.78, 5) is 24.3. The predicted molar refractivity (Wildman–Crippen MR) is 105 cm³/mol. The van der Waals surface area contributed by atoms with Crippen LogP contribution in [0.25, 0.3) is 0 Å². The second-order valence-electron chi connectivity index (χ2n) is 7.51. The summed E-state index contributed by atoms with van der Waals surface area (Å²) in [5, 5.41) is 18.1. The van der Waals surface area contributed by atoms with Crippen molar-refractivity contribution in [2.45, 2.75) is 62.9 Å². The van der Waals surface area contributed by atoms with Gasteiger partial charge >= 0.3 is 6.03 Å². The van der Waals surface area contributed by atoms with Gasteiger partial charge in [0.15, 0.2) is 0 Å². The van der Waals surface area contributed by atoms with Gasteiger partial charge in [-0.3, -0.25) is 4.79 Å². The van der Waals surface area contributed by atoms with Gasteiger partial charge in [-0.1, -0.05) is 37.1 Å². The van der Waals surface area contributed by atoms with Crippen LogP contribution in [0, 0.1) is 5.82 Å². The van der Waals surface area contributed by atoms with Gasteiger partial charge in [0.25, 0.3) is 0 Å². The fourth-order valence-corrected chi connectivity index (χ4v) is 3.64. The van der Waals surface area contributed by atoms with Crippen LogP contribution in [0.15, 0.2) is 36.4 Å². The van der Waals surface area contributed by atoms with Gasteiger partial charge in [0.2, 0.25) is 5.91 Å². The fourth-order valence-electron chi connectivity index (χ4n) is 3.64. The predicted octanol–water partition coefficient (Wildman–Crippen LogP) is 1.76. The number of carbonyl (C=O) groups excluding carboxylic acids is 2. The first-order valence-corrected chi connectivity index (χ1v) is 10.1. The maximum absolute atomic E-state index is 12.9. The van der Waals surface area contributed by atoms with Crippen molar-refractivity contribution in [1.82, 2.24) is 16.0 Å². The molecule has 0 aromatic heterocycles. The van der Waals surface area contributed by atoms with Gasteiger partial charge in [-0.25, -0.2) is 9.18 Å². The number of urea groups is 1. The molecule has 0 spiro atoms. The van der Waals surface area contributed by atoms with Crippen LogP contribution in [-0.2, 0) is 16.1 Å². The van der Waals surface area contributed by atoms with E-state index in [1.807, 2.05) is 0 Å². The van der Waals surface area contributed by atoms with Crippen molar-refractivity contribution in [1.29, 1.82) is 0 Å². The van der Waals surface area contributed by atoms with Crippen molar-refractivity contribution in [3.63, 3.8) is 0 Å². The third-order valence-corrected chi connectivity index (χ3v) is 5.24. The molecule has 2 aliphatic rings. The molecule has 3 rings (SSSR count). The molecular formula is C21H28FN3O4. The highest BCUT2D eigenvalue weighted by Gasteiger charge is 2.29. The molecule has 0 radical (unpaired) electrons. The molecule has 1 aromatic carbocycles. The number of benzene rings is 1. The Hall–Kier alpha value is -2.45.